The molecule has 2 N–H and O–H groups in total. The minimum atomic E-state index is -0.0377. The van der Waals surface area contributed by atoms with E-state index in [4.69, 9.17) is 9.47 Å². The second-order valence-corrected chi connectivity index (χ2v) is 4.75. The third kappa shape index (κ3) is 7.11. The third-order valence-corrected chi connectivity index (χ3v) is 2.76. The Morgan fingerprint density at radius 2 is 2.00 bits per heavy atom. The summed E-state index contributed by atoms with van der Waals surface area (Å²) in [4.78, 5) is 11.5. The van der Waals surface area contributed by atoms with Crippen molar-refractivity contribution < 1.29 is 14.3 Å². The van der Waals surface area contributed by atoms with Crippen LogP contribution in [0.1, 0.15) is 12.5 Å². The largest absolute Gasteiger partial charge is 0.492 e. The maximum atomic E-state index is 11.5. The standard InChI is InChI=1S/C15H24N2O3/c1-12-4-6-14(7-5-12)20-11-13(2)17-10-15(18)16-8-9-19-3/h4-7,13,17H,8-11H2,1-3H3,(H,16,18). The highest BCUT2D eigenvalue weighted by molar-refractivity contribution is 5.77. The summed E-state index contributed by atoms with van der Waals surface area (Å²) in [6.07, 6.45) is 0. The maximum Gasteiger partial charge on any atom is 0.234 e. The van der Waals surface area contributed by atoms with E-state index in [1.807, 2.05) is 38.1 Å². The van der Waals surface area contributed by atoms with Gasteiger partial charge in [0.05, 0.1) is 13.2 Å². The highest BCUT2D eigenvalue weighted by Crippen LogP contribution is 2.11. The van der Waals surface area contributed by atoms with Crippen LogP contribution in [0.4, 0.5) is 0 Å². The first-order valence-electron chi connectivity index (χ1n) is 6.80. The molecule has 5 nitrogen and oxygen atoms in total. The number of ether oxygens (including phenoxy) is 2. The molecule has 0 radical (unpaired) electrons. The number of carbonyl (C=O) groups is 1. The van der Waals surface area contributed by atoms with E-state index in [-0.39, 0.29) is 18.5 Å². The van der Waals surface area contributed by atoms with E-state index in [0.29, 0.717) is 19.8 Å². The molecule has 0 aromatic heterocycles. The van der Waals surface area contributed by atoms with Crippen LogP contribution < -0.4 is 15.4 Å². The molecule has 0 aliphatic rings. The van der Waals surface area contributed by atoms with Gasteiger partial charge in [0, 0.05) is 19.7 Å². The molecule has 0 saturated heterocycles. The van der Waals surface area contributed by atoms with Crippen LogP contribution in [0.15, 0.2) is 24.3 Å². The van der Waals surface area contributed by atoms with Crippen molar-refractivity contribution in [2.45, 2.75) is 19.9 Å². The first kappa shape index (κ1) is 16.5. The fraction of sp³-hybridized carbons (Fsp3) is 0.533. The fourth-order valence-electron chi connectivity index (χ4n) is 1.54. The van der Waals surface area contributed by atoms with Crippen molar-refractivity contribution in [3.8, 4) is 5.75 Å². The number of carbonyl (C=O) groups excluding carboxylic acids is 1. The van der Waals surface area contributed by atoms with Gasteiger partial charge in [-0.2, -0.15) is 0 Å². The first-order valence-corrected chi connectivity index (χ1v) is 6.80. The Balaban J connectivity index is 2.15. The van der Waals surface area contributed by atoms with E-state index in [0.717, 1.165) is 5.75 Å². The van der Waals surface area contributed by atoms with E-state index in [1.54, 1.807) is 7.11 Å². The Kier molecular flexibility index (Phi) is 7.69. The first-order chi connectivity index (χ1) is 9.61. The summed E-state index contributed by atoms with van der Waals surface area (Å²) in [5, 5.41) is 5.86. The fourth-order valence-corrected chi connectivity index (χ4v) is 1.54. The van der Waals surface area contributed by atoms with Crippen molar-refractivity contribution in [1.82, 2.24) is 10.6 Å². The lowest BCUT2D eigenvalue weighted by atomic mass is 10.2. The smallest absolute Gasteiger partial charge is 0.234 e. The molecule has 112 valence electrons. The molecule has 0 saturated carbocycles. The number of amides is 1. The molecule has 0 fully saturated rings. The highest BCUT2D eigenvalue weighted by atomic mass is 16.5. The summed E-state index contributed by atoms with van der Waals surface area (Å²) >= 11 is 0. The molecule has 1 rings (SSSR count). The molecule has 1 aromatic carbocycles. The molecule has 1 amide bonds. The molecule has 0 aliphatic carbocycles. The Hall–Kier alpha value is -1.59. The van der Waals surface area contributed by atoms with Gasteiger partial charge in [-0.3, -0.25) is 4.79 Å². The number of aryl methyl sites for hydroxylation is 1. The summed E-state index contributed by atoms with van der Waals surface area (Å²) < 4.78 is 10.5. The molecule has 1 aromatic rings. The topological polar surface area (TPSA) is 59.6 Å². The Bertz CT molecular complexity index is 393. The summed E-state index contributed by atoms with van der Waals surface area (Å²) in [7, 11) is 1.61. The van der Waals surface area contributed by atoms with Gasteiger partial charge in [-0.1, -0.05) is 17.7 Å². The van der Waals surface area contributed by atoms with Crippen molar-refractivity contribution in [3.63, 3.8) is 0 Å². The minimum absolute atomic E-state index is 0.0377. The average Bonchev–Trinajstić information content (AvgIpc) is 2.45. The molecule has 0 bridgehead atoms. The lowest BCUT2D eigenvalue weighted by Crippen LogP contribution is -2.41. The minimum Gasteiger partial charge on any atom is -0.492 e. The Morgan fingerprint density at radius 3 is 2.65 bits per heavy atom. The van der Waals surface area contributed by atoms with Gasteiger partial charge in [0.1, 0.15) is 12.4 Å². The SMILES string of the molecule is COCCNC(=O)CNC(C)COc1ccc(C)cc1. The zero-order valence-electron chi connectivity index (χ0n) is 12.4. The van der Waals surface area contributed by atoms with Crippen LogP contribution in [0.3, 0.4) is 0 Å². The number of nitrogens with one attached hydrogen (secondary N) is 2. The quantitative estimate of drug-likeness (QED) is 0.665. The van der Waals surface area contributed by atoms with Crippen LogP contribution in [-0.2, 0) is 9.53 Å². The van der Waals surface area contributed by atoms with Crippen molar-refractivity contribution in [3.05, 3.63) is 29.8 Å². The van der Waals surface area contributed by atoms with Gasteiger partial charge in [-0.15, -0.1) is 0 Å². The van der Waals surface area contributed by atoms with Crippen LogP contribution in [0.2, 0.25) is 0 Å². The third-order valence-electron chi connectivity index (χ3n) is 2.76. The normalized spacial score (nSPS) is 11.9. The second kappa shape index (κ2) is 9.34. The predicted molar refractivity (Wildman–Crippen MR) is 79.0 cm³/mol. The summed E-state index contributed by atoms with van der Waals surface area (Å²) in [6.45, 7) is 5.88. The van der Waals surface area contributed by atoms with Crippen molar-refractivity contribution in [1.29, 1.82) is 0 Å². The van der Waals surface area contributed by atoms with Crippen molar-refractivity contribution >= 4 is 5.91 Å². The maximum absolute atomic E-state index is 11.5. The number of rotatable bonds is 9. The zero-order valence-corrected chi connectivity index (χ0v) is 12.4. The van der Waals surface area contributed by atoms with Crippen LogP contribution in [0.5, 0.6) is 5.75 Å². The van der Waals surface area contributed by atoms with E-state index in [2.05, 4.69) is 10.6 Å². The van der Waals surface area contributed by atoms with Gasteiger partial charge >= 0.3 is 0 Å². The van der Waals surface area contributed by atoms with Gasteiger partial charge in [-0.05, 0) is 26.0 Å². The Morgan fingerprint density at radius 1 is 1.30 bits per heavy atom. The molecule has 0 spiro atoms. The number of methoxy groups -OCH3 is 1. The van der Waals surface area contributed by atoms with Gasteiger partial charge in [-0.25, -0.2) is 0 Å². The lowest BCUT2D eigenvalue weighted by molar-refractivity contribution is -0.120. The van der Waals surface area contributed by atoms with Gasteiger partial charge in [0.2, 0.25) is 5.91 Å². The van der Waals surface area contributed by atoms with Gasteiger partial charge in [0.15, 0.2) is 0 Å². The molecule has 5 heteroatoms. The molecule has 1 unspecified atom stereocenters. The molecule has 0 heterocycles. The Labute approximate surface area is 120 Å². The van der Waals surface area contributed by atoms with E-state index in [1.165, 1.54) is 5.56 Å². The van der Waals surface area contributed by atoms with Crippen LogP contribution in [0, 0.1) is 6.92 Å². The lowest BCUT2D eigenvalue weighted by Gasteiger charge is -2.15. The molecule has 20 heavy (non-hydrogen) atoms. The van der Waals surface area contributed by atoms with E-state index < -0.39 is 0 Å². The van der Waals surface area contributed by atoms with E-state index in [9.17, 15) is 4.79 Å². The van der Waals surface area contributed by atoms with Gasteiger partial charge in [0.25, 0.3) is 0 Å². The average molecular weight is 280 g/mol. The molecule has 0 aliphatic heterocycles. The predicted octanol–water partition coefficient (Wildman–Crippen LogP) is 1.11. The van der Waals surface area contributed by atoms with Crippen LogP contribution in [-0.4, -0.2) is 45.4 Å². The number of benzene rings is 1. The summed E-state index contributed by atoms with van der Waals surface area (Å²) in [5.41, 5.74) is 1.20. The molecular weight excluding hydrogens is 256 g/mol. The zero-order chi connectivity index (χ0) is 14.8. The van der Waals surface area contributed by atoms with Crippen molar-refractivity contribution in [2.24, 2.45) is 0 Å². The number of hydrogen-bond donors (Lipinski definition) is 2. The summed E-state index contributed by atoms with van der Waals surface area (Å²) in [5.74, 6) is 0.804. The molecule has 1 atom stereocenters. The van der Waals surface area contributed by atoms with E-state index >= 15 is 0 Å². The number of hydrogen-bond acceptors (Lipinski definition) is 4. The van der Waals surface area contributed by atoms with Crippen LogP contribution in [0.25, 0.3) is 0 Å². The monoisotopic (exact) mass is 280 g/mol. The van der Waals surface area contributed by atoms with Crippen LogP contribution >= 0.6 is 0 Å². The second-order valence-electron chi connectivity index (χ2n) is 4.75. The van der Waals surface area contributed by atoms with Gasteiger partial charge < -0.3 is 20.1 Å². The summed E-state index contributed by atoms with van der Waals surface area (Å²) in [6, 6.07) is 8.01. The molecular formula is C15H24N2O3. The van der Waals surface area contributed by atoms with Crippen molar-refractivity contribution in [2.75, 3.05) is 33.4 Å². The highest BCUT2D eigenvalue weighted by Gasteiger charge is 2.06.